The Morgan fingerprint density at radius 3 is 2.51 bits per heavy atom. The fourth-order valence-electron chi connectivity index (χ4n) is 5.43. The molecule has 0 unspecified atom stereocenters. The number of anilines is 4. The van der Waals surface area contributed by atoms with E-state index in [2.05, 4.69) is 37.3 Å². The SMILES string of the molecule is CCN(C)c1ccc(C(=O)N[C@H]2CCCN(c3nc(Nc4ccc(C(=O)N5CCOCC5)cc4)c4nc[nH]c4n3)C2)cc1. The molecule has 0 saturated carbocycles. The number of morpholine rings is 1. The fraction of sp³-hybridized carbons (Fsp3) is 0.387. The minimum atomic E-state index is -0.0830. The molecule has 4 heterocycles. The number of carbonyl (C=O) groups excluding carboxylic acids is 2. The van der Waals surface area contributed by atoms with Crippen molar-refractivity contribution in [2.45, 2.75) is 25.8 Å². The Morgan fingerprint density at radius 1 is 1.02 bits per heavy atom. The second kappa shape index (κ2) is 12.7. The Bertz CT molecular complexity index is 1570. The van der Waals surface area contributed by atoms with Gasteiger partial charge in [-0.05, 0) is 68.3 Å². The monoisotopic (exact) mass is 583 g/mol. The van der Waals surface area contributed by atoms with Gasteiger partial charge in [-0.3, -0.25) is 9.59 Å². The molecule has 0 spiro atoms. The standard InChI is InChI=1S/C31H37N9O3/c1-3-38(2)25-12-8-21(9-13-25)29(41)35-24-5-4-14-40(19-24)31-36-27-26(32-20-33-27)28(37-31)34-23-10-6-22(7-11-23)30(42)39-15-17-43-18-16-39/h6-13,20,24H,3-5,14-19H2,1-2H3,(H,35,41)(H2,32,33,34,36,37)/t24-/m0/s1. The lowest BCUT2D eigenvalue weighted by Gasteiger charge is -2.33. The molecule has 6 rings (SSSR count). The third-order valence-corrected chi connectivity index (χ3v) is 8.04. The number of carbonyl (C=O) groups is 2. The molecule has 0 aliphatic carbocycles. The Labute approximate surface area is 250 Å². The van der Waals surface area contributed by atoms with Gasteiger partial charge >= 0.3 is 0 Å². The molecule has 224 valence electrons. The van der Waals surface area contributed by atoms with Crippen LogP contribution >= 0.6 is 0 Å². The van der Waals surface area contributed by atoms with E-state index in [1.165, 1.54) is 0 Å². The molecule has 43 heavy (non-hydrogen) atoms. The predicted molar refractivity (Wildman–Crippen MR) is 166 cm³/mol. The summed E-state index contributed by atoms with van der Waals surface area (Å²) in [6, 6.07) is 15.0. The Hall–Kier alpha value is -4.71. The highest BCUT2D eigenvalue weighted by Crippen LogP contribution is 2.26. The number of imidazole rings is 1. The van der Waals surface area contributed by atoms with Crippen molar-refractivity contribution in [1.29, 1.82) is 0 Å². The number of aromatic nitrogens is 4. The number of piperidine rings is 1. The van der Waals surface area contributed by atoms with Gasteiger partial charge in [0.1, 0.15) is 0 Å². The van der Waals surface area contributed by atoms with E-state index in [9.17, 15) is 9.59 Å². The van der Waals surface area contributed by atoms with E-state index in [4.69, 9.17) is 14.7 Å². The quantitative estimate of drug-likeness (QED) is 0.286. The highest BCUT2D eigenvalue weighted by molar-refractivity contribution is 5.95. The van der Waals surface area contributed by atoms with Crippen molar-refractivity contribution in [2.24, 2.45) is 0 Å². The van der Waals surface area contributed by atoms with E-state index in [0.717, 1.165) is 37.3 Å². The summed E-state index contributed by atoms with van der Waals surface area (Å²) in [6.45, 7) is 6.70. The number of nitrogens with zero attached hydrogens (tertiary/aromatic N) is 6. The topological polar surface area (TPSA) is 132 Å². The van der Waals surface area contributed by atoms with Gasteiger partial charge in [-0.25, -0.2) is 4.98 Å². The maximum atomic E-state index is 13.0. The number of ether oxygens (including phenoxy) is 1. The van der Waals surface area contributed by atoms with Crippen LogP contribution in [0.3, 0.4) is 0 Å². The largest absolute Gasteiger partial charge is 0.378 e. The van der Waals surface area contributed by atoms with Gasteiger partial charge in [-0.1, -0.05) is 0 Å². The molecule has 12 heteroatoms. The molecule has 2 aromatic heterocycles. The molecule has 2 aliphatic heterocycles. The summed E-state index contributed by atoms with van der Waals surface area (Å²) >= 11 is 0. The fourth-order valence-corrected chi connectivity index (χ4v) is 5.43. The van der Waals surface area contributed by atoms with E-state index < -0.39 is 0 Å². The van der Waals surface area contributed by atoms with Crippen molar-refractivity contribution >= 4 is 46.1 Å². The minimum absolute atomic E-state index is 0.00159. The van der Waals surface area contributed by atoms with E-state index in [1.807, 2.05) is 60.5 Å². The van der Waals surface area contributed by atoms with Gasteiger partial charge in [0.15, 0.2) is 17.0 Å². The number of aromatic amines is 1. The number of fused-ring (bicyclic) bond motifs is 1. The molecule has 2 saturated heterocycles. The zero-order valence-electron chi connectivity index (χ0n) is 24.5. The first kappa shape index (κ1) is 28.4. The average molecular weight is 584 g/mol. The summed E-state index contributed by atoms with van der Waals surface area (Å²) in [5.74, 6) is 1.04. The molecule has 1 atom stereocenters. The Morgan fingerprint density at radius 2 is 1.77 bits per heavy atom. The summed E-state index contributed by atoms with van der Waals surface area (Å²) in [6.07, 6.45) is 3.38. The maximum Gasteiger partial charge on any atom is 0.254 e. The zero-order chi connectivity index (χ0) is 29.8. The molecule has 0 radical (unpaired) electrons. The van der Waals surface area contributed by atoms with Crippen LogP contribution < -0.4 is 20.4 Å². The van der Waals surface area contributed by atoms with Gasteiger partial charge in [0.2, 0.25) is 5.95 Å². The van der Waals surface area contributed by atoms with Crippen LogP contribution in [-0.2, 0) is 4.74 Å². The number of hydrogen-bond donors (Lipinski definition) is 3. The predicted octanol–water partition coefficient (Wildman–Crippen LogP) is 3.42. The van der Waals surface area contributed by atoms with E-state index in [1.54, 1.807) is 6.33 Å². The molecule has 0 bridgehead atoms. The molecule has 2 aromatic carbocycles. The van der Waals surface area contributed by atoms with Gasteiger partial charge in [0, 0.05) is 68.3 Å². The highest BCUT2D eigenvalue weighted by atomic mass is 16.5. The number of benzene rings is 2. The van der Waals surface area contributed by atoms with Crippen molar-refractivity contribution in [1.82, 2.24) is 30.2 Å². The molecule has 2 aliphatic rings. The second-order valence-electron chi connectivity index (χ2n) is 10.9. The number of rotatable bonds is 8. The lowest BCUT2D eigenvalue weighted by Crippen LogP contribution is -2.48. The summed E-state index contributed by atoms with van der Waals surface area (Å²) in [7, 11) is 2.03. The second-order valence-corrected chi connectivity index (χ2v) is 10.9. The van der Waals surface area contributed by atoms with Gasteiger partial charge in [0.25, 0.3) is 11.8 Å². The van der Waals surface area contributed by atoms with E-state index in [0.29, 0.717) is 66.9 Å². The molecule has 2 amide bonds. The summed E-state index contributed by atoms with van der Waals surface area (Å²) < 4.78 is 5.36. The highest BCUT2D eigenvalue weighted by Gasteiger charge is 2.25. The van der Waals surface area contributed by atoms with Gasteiger partial charge in [0.05, 0.1) is 19.5 Å². The van der Waals surface area contributed by atoms with Crippen LogP contribution in [0.15, 0.2) is 54.9 Å². The van der Waals surface area contributed by atoms with Crippen molar-refractivity contribution in [3.05, 3.63) is 66.0 Å². The first-order valence-electron chi connectivity index (χ1n) is 14.8. The number of amides is 2. The van der Waals surface area contributed by atoms with Crippen molar-refractivity contribution in [3.8, 4) is 0 Å². The number of H-pyrrole nitrogens is 1. The van der Waals surface area contributed by atoms with Crippen LogP contribution in [0.2, 0.25) is 0 Å². The third-order valence-electron chi connectivity index (χ3n) is 8.04. The molecule has 12 nitrogen and oxygen atoms in total. The molecule has 2 fully saturated rings. The van der Waals surface area contributed by atoms with Crippen LogP contribution in [0.1, 0.15) is 40.5 Å². The first-order chi connectivity index (χ1) is 21.0. The zero-order valence-corrected chi connectivity index (χ0v) is 24.5. The van der Waals surface area contributed by atoms with Crippen LogP contribution in [0.5, 0.6) is 0 Å². The average Bonchev–Trinajstić information content (AvgIpc) is 3.54. The third kappa shape index (κ3) is 6.38. The lowest BCUT2D eigenvalue weighted by molar-refractivity contribution is 0.0303. The Kier molecular flexibility index (Phi) is 8.36. The van der Waals surface area contributed by atoms with Crippen LogP contribution in [-0.4, -0.2) is 95.7 Å². The number of hydrogen-bond acceptors (Lipinski definition) is 9. The van der Waals surface area contributed by atoms with Gasteiger partial charge in [-0.15, -0.1) is 0 Å². The maximum absolute atomic E-state index is 13.0. The molecular formula is C31H37N9O3. The first-order valence-corrected chi connectivity index (χ1v) is 14.8. The normalized spacial score (nSPS) is 17.1. The van der Waals surface area contributed by atoms with Crippen LogP contribution in [0.25, 0.3) is 11.2 Å². The smallest absolute Gasteiger partial charge is 0.254 e. The Balaban J connectivity index is 1.14. The van der Waals surface area contributed by atoms with E-state index >= 15 is 0 Å². The van der Waals surface area contributed by atoms with Gasteiger partial charge < -0.3 is 35.1 Å². The summed E-state index contributed by atoms with van der Waals surface area (Å²) in [4.78, 5) is 49.0. The molecule has 4 aromatic rings. The van der Waals surface area contributed by atoms with Crippen molar-refractivity contribution < 1.29 is 14.3 Å². The lowest BCUT2D eigenvalue weighted by atomic mass is 10.1. The van der Waals surface area contributed by atoms with Gasteiger partial charge in [-0.2, -0.15) is 9.97 Å². The van der Waals surface area contributed by atoms with E-state index in [-0.39, 0.29) is 17.9 Å². The van der Waals surface area contributed by atoms with Crippen molar-refractivity contribution in [2.75, 3.05) is 68.1 Å². The van der Waals surface area contributed by atoms with Crippen molar-refractivity contribution in [3.63, 3.8) is 0 Å². The number of nitrogens with one attached hydrogen (secondary N) is 3. The minimum Gasteiger partial charge on any atom is -0.378 e. The molecular weight excluding hydrogens is 546 g/mol. The van der Waals surface area contributed by atoms with Crippen LogP contribution in [0.4, 0.5) is 23.1 Å². The summed E-state index contributed by atoms with van der Waals surface area (Å²) in [5, 5.41) is 6.56. The van der Waals surface area contributed by atoms with Crippen LogP contribution in [0, 0.1) is 0 Å². The molecule has 3 N–H and O–H groups in total. The summed E-state index contributed by atoms with van der Waals surface area (Å²) in [5.41, 5.74) is 4.38.